The van der Waals surface area contributed by atoms with Gasteiger partial charge < -0.3 is 30.2 Å². The number of aliphatic hydroxyl groups is 1. The highest BCUT2D eigenvalue weighted by molar-refractivity contribution is 7.52. The molecule has 1 unspecified atom stereocenters. The van der Waals surface area contributed by atoms with Crippen molar-refractivity contribution < 1.29 is 37.4 Å². The summed E-state index contributed by atoms with van der Waals surface area (Å²) >= 11 is 0. The quantitative estimate of drug-likeness (QED) is 0.145. The summed E-state index contributed by atoms with van der Waals surface area (Å²) in [6.07, 6.45) is 3.75. The molecule has 3 aromatic rings. The number of nitrogen functional groups attached to an aromatic ring is 1. The lowest BCUT2D eigenvalue weighted by Gasteiger charge is -2.24. The fraction of sp³-hybridized carbons (Fsp3) is 0.440. The predicted octanol–water partition coefficient (Wildman–Crippen LogP) is 1.94. The third-order valence-electron chi connectivity index (χ3n) is 6.56. The lowest BCUT2D eigenvalue weighted by molar-refractivity contribution is -0.142. The second kappa shape index (κ2) is 11.2. The number of rotatable bonds is 11. The number of ether oxygens (including phenoxy) is 2. The molecule has 3 heterocycles. The molecule has 1 aliphatic heterocycles. The number of anilines is 2. The van der Waals surface area contributed by atoms with Gasteiger partial charge in [0.25, 0.3) is 0 Å². The van der Waals surface area contributed by atoms with E-state index in [1.165, 1.54) is 30.0 Å². The number of nitrogens with zero attached hydrogens (tertiary/aromatic N) is 4. The van der Waals surface area contributed by atoms with E-state index in [0.717, 1.165) is 20.0 Å². The van der Waals surface area contributed by atoms with Gasteiger partial charge in [0.15, 0.2) is 23.2 Å². The molecule has 1 saturated carbocycles. The van der Waals surface area contributed by atoms with Crippen LogP contribution in [-0.2, 0) is 23.4 Å². The van der Waals surface area contributed by atoms with E-state index in [1.54, 1.807) is 18.2 Å². The molecule has 0 spiro atoms. The molecule has 2 aliphatic rings. The minimum Gasteiger partial charge on any atom is -0.468 e. The van der Waals surface area contributed by atoms with Gasteiger partial charge >= 0.3 is 13.7 Å². The molecule has 41 heavy (non-hydrogen) atoms. The first-order chi connectivity index (χ1) is 19.6. The molecular formula is C25H29FN7O7P. The van der Waals surface area contributed by atoms with Gasteiger partial charge in [-0.2, -0.15) is 15.1 Å². The number of terminal acetylenes is 1. The Labute approximate surface area is 234 Å². The highest BCUT2D eigenvalue weighted by atomic mass is 31.2. The Morgan fingerprint density at radius 2 is 2.12 bits per heavy atom. The number of halogens is 1. The van der Waals surface area contributed by atoms with Crippen molar-refractivity contribution >= 4 is 36.6 Å². The zero-order chi connectivity index (χ0) is 29.4. The number of aromatic nitrogens is 4. The summed E-state index contributed by atoms with van der Waals surface area (Å²) in [5.41, 5.74) is 3.56. The molecule has 0 radical (unpaired) electrons. The molecule has 1 saturated heterocycles. The monoisotopic (exact) mass is 589 g/mol. The maximum Gasteiger partial charge on any atom is 0.459 e. The van der Waals surface area contributed by atoms with Gasteiger partial charge in [0.2, 0.25) is 11.6 Å². The topological polar surface area (TPSA) is 185 Å². The van der Waals surface area contributed by atoms with Crippen LogP contribution in [0.1, 0.15) is 26.0 Å². The van der Waals surface area contributed by atoms with Gasteiger partial charge in [0, 0.05) is 6.04 Å². The van der Waals surface area contributed by atoms with Crippen LogP contribution in [-0.4, -0.2) is 74.3 Å². The first kappa shape index (κ1) is 28.7. The highest BCUT2D eigenvalue weighted by Crippen LogP contribution is 2.48. The Bertz CT molecular complexity index is 1520. The minimum absolute atomic E-state index is 0.0872. The third kappa shape index (κ3) is 5.83. The standard InChI is InChI=1S/C25H29FN7O7P/c1-4-25(26)19(34)17(12-38-41(36,32-14(2)22(35)37-3)40-16-8-6-5-7-9-16)39-23(25)33-13-28-18-20(29-15-10-11-15)30-24(27)31-21(18)33/h1,5-9,13-15,17,19,23,34H,10-12H2,2-3H3,(H,32,36)(H3,27,29,30,31)/t14-,17-,19-,23-,25-,41?/m1/s1. The molecule has 1 aromatic carbocycles. The summed E-state index contributed by atoms with van der Waals surface area (Å²) in [6.45, 7) is 0.746. The van der Waals surface area contributed by atoms with E-state index in [9.17, 15) is 14.5 Å². The summed E-state index contributed by atoms with van der Waals surface area (Å²) in [6, 6.07) is 7.15. The Kier molecular flexibility index (Phi) is 7.87. The number of esters is 1. The van der Waals surface area contributed by atoms with Crippen molar-refractivity contribution in [2.75, 3.05) is 24.8 Å². The van der Waals surface area contributed by atoms with Crippen LogP contribution in [0.15, 0.2) is 36.7 Å². The number of fused-ring (bicyclic) bond motifs is 1. The van der Waals surface area contributed by atoms with E-state index in [0.29, 0.717) is 11.3 Å². The van der Waals surface area contributed by atoms with E-state index in [2.05, 4.69) is 30.1 Å². The number of alkyl halides is 1. The summed E-state index contributed by atoms with van der Waals surface area (Å²) in [5.74, 6) is 1.69. The number of methoxy groups -OCH3 is 1. The summed E-state index contributed by atoms with van der Waals surface area (Å²) in [7, 11) is -3.15. The first-order valence-electron chi connectivity index (χ1n) is 12.7. The Balaban J connectivity index is 1.40. The molecule has 5 N–H and O–H groups in total. The van der Waals surface area contributed by atoms with Crippen molar-refractivity contribution in [1.82, 2.24) is 24.6 Å². The van der Waals surface area contributed by atoms with Gasteiger partial charge in [0.05, 0.1) is 20.0 Å². The lowest BCUT2D eigenvalue weighted by Crippen LogP contribution is -2.42. The van der Waals surface area contributed by atoms with Crippen molar-refractivity contribution in [1.29, 1.82) is 0 Å². The molecule has 6 atom stereocenters. The number of hydrogen-bond acceptors (Lipinski definition) is 12. The van der Waals surface area contributed by atoms with Crippen LogP contribution in [0.5, 0.6) is 5.75 Å². The Morgan fingerprint density at radius 3 is 2.78 bits per heavy atom. The fourth-order valence-electron chi connectivity index (χ4n) is 4.29. The van der Waals surface area contributed by atoms with Gasteiger partial charge in [-0.05, 0) is 31.9 Å². The maximum atomic E-state index is 16.2. The van der Waals surface area contributed by atoms with E-state index in [-0.39, 0.29) is 23.4 Å². The van der Waals surface area contributed by atoms with Crippen molar-refractivity contribution in [2.24, 2.45) is 0 Å². The van der Waals surface area contributed by atoms with E-state index in [1.807, 2.05) is 5.92 Å². The summed E-state index contributed by atoms with van der Waals surface area (Å²) < 4.78 is 52.7. The van der Waals surface area contributed by atoms with Crippen LogP contribution < -0.4 is 20.7 Å². The second-order valence-corrected chi connectivity index (χ2v) is 11.3. The lowest BCUT2D eigenvalue weighted by atomic mass is 9.97. The average molecular weight is 590 g/mol. The van der Waals surface area contributed by atoms with Crippen molar-refractivity contribution in [2.45, 2.75) is 56.0 Å². The summed E-state index contributed by atoms with van der Waals surface area (Å²) in [4.78, 5) is 24.7. The summed E-state index contributed by atoms with van der Waals surface area (Å²) in [5, 5.41) is 16.6. The predicted molar refractivity (Wildman–Crippen MR) is 144 cm³/mol. The van der Waals surface area contributed by atoms with Gasteiger partial charge in [-0.1, -0.05) is 24.1 Å². The number of aliphatic hydroxyl groups excluding tert-OH is 1. The maximum absolute atomic E-state index is 16.2. The van der Waals surface area contributed by atoms with Crippen molar-refractivity contribution in [3.63, 3.8) is 0 Å². The van der Waals surface area contributed by atoms with Crippen LogP contribution in [0.25, 0.3) is 11.2 Å². The van der Waals surface area contributed by atoms with Crippen LogP contribution in [0, 0.1) is 12.3 Å². The number of nitrogens with one attached hydrogen (secondary N) is 2. The molecule has 1 aliphatic carbocycles. The molecule has 5 rings (SSSR count). The Hall–Kier alpha value is -3.80. The van der Waals surface area contributed by atoms with E-state index >= 15 is 4.39 Å². The highest BCUT2D eigenvalue weighted by Gasteiger charge is 2.58. The number of carbonyl (C=O) groups is 1. The number of carbonyl (C=O) groups excluding carboxylic acids is 1. The Morgan fingerprint density at radius 1 is 1.39 bits per heavy atom. The third-order valence-corrected chi connectivity index (χ3v) is 8.20. The van der Waals surface area contributed by atoms with Gasteiger partial charge in [0.1, 0.15) is 24.0 Å². The number of imidazole rings is 1. The molecule has 14 nitrogen and oxygen atoms in total. The number of nitrogens with two attached hydrogens (primary N) is 1. The van der Waals surface area contributed by atoms with Gasteiger partial charge in [-0.25, -0.2) is 13.9 Å². The van der Waals surface area contributed by atoms with Gasteiger partial charge in [-0.15, -0.1) is 6.42 Å². The van der Waals surface area contributed by atoms with Crippen LogP contribution in [0.3, 0.4) is 0 Å². The average Bonchev–Trinajstić information content (AvgIpc) is 3.62. The van der Waals surface area contributed by atoms with Crippen LogP contribution in [0.2, 0.25) is 0 Å². The largest absolute Gasteiger partial charge is 0.468 e. The van der Waals surface area contributed by atoms with Crippen LogP contribution >= 0.6 is 7.75 Å². The SMILES string of the molecule is C#C[C@@]1(F)[C@H](O)[C@@H](COP(=O)(N[C@H](C)C(=O)OC)Oc2ccccc2)O[C@H]1n1cnc2c(NC3CC3)nc(N)nc21. The normalized spacial score (nSPS) is 26.2. The molecule has 0 bridgehead atoms. The number of hydrogen-bond donors (Lipinski definition) is 4. The fourth-order valence-corrected chi connectivity index (χ4v) is 5.79. The number of benzene rings is 1. The molecule has 16 heteroatoms. The molecule has 2 aromatic heterocycles. The number of para-hydroxylation sites is 1. The van der Waals surface area contributed by atoms with E-state index in [4.69, 9.17) is 25.9 Å². The minimum atomic E-state index is -4.31. The van der Waals surface area contributed by atoms with E-state index < -0.39 is 50.5 Å². The first-order valence-corrected chi connectivity index (χ1v) is 14.2. The van der Waals surface area contributed by atoms with Gasteiger partial charge in [-0.3, -0.25) is 13.9 Å². The molecule has 2 fully saturated rings. The zero-order valence-electron chi connectivity index (χ0n) is 22.1. The zero-order valence-corrected chi connectivity index (χ0v) is 23.0. The van der Waals surface area contributed by atoms with Crippen LogP contribution in [0.4, 0.5) is 16.2 Å². The molecule has 218 valence electrons. The molecule has 0 amide bonds. The van der Waals surface area contributed by atoms with Crippen molar-refractivity contribution in [3.8, 4) is 18.1 Å². The second-order valence-electron chi connectivity index (χ2n) is 9.63. The smallest absolute Gasteiger partial charge is 0.459 e. The molecular weight excluding hydrogens is 560 g/mol. The van der Waals surface area contributed by atoms with Crippen molar-refractivity contribution in [3.05, 3.63) is 36.7 Å².